The van der Waals surface area contributed by atoms with Gasteiger partial charge in [0, 0.05) is 6.20 Å². The van der Waals surface area contributed by atoms with Gasteiger partial charge in [0.25, 0.3) is 5.91 Å². The number of carbonyl (C=O) groups excluding carboxylic acids is 1. The second-order valence-corrected chi connectivity index (χ2v) is 4.80. The monoisotopic (exact) mass is 286 g/mol. The molecule has 0 aliphatic rings. The molecule has 1 N–H and O–H groups in total. The predicted molar refractivity (Wildman–Crippen MR) is 77.1 cm³/mol. The van der Waals surface area contributed by atoms with Gasteiger partial charge in [-0.15, -0.1) is 10.2 Å². The van der Waals surface area contributed by atoms with Crippen LogP contribution < -0.4 is 5.32 Å². The standard InChI is InChI=1S/C14H11ClN4O/c1-9-5-6-10(11(15)8-9)13(20)16-14-18-17-12-4-2-3-7-19(12)14/h2-8H,1H3,(H,16,18,20). The molecular formula is C14H11ClN4O. The quantitative estimate of drug-likeness (QED) is 0.788. The lowest BCUT2D eigenvalue weighted by Gasteiger charge is -2.05. The van der Waals surface area contributed by atoms with E-state index in [1.807, 2.05) is 31.2 Å². The molecule has 0 aliphatic carbocycles. The number of hydrogen-bond acceptors (Lipinski definition) is 3. The van der Waals surface area contributed by atoms with Crippen LogP contribution in [0.25, 0.3) is 5.65 Å². The lowest BCUT2D eigenvalue weighted by Crippen LogP contribution is -2.14. The Morgan fingerprint density at radius 3 is 2.90 bits per heavy atom. The smallest absolute Gasteiger partial charge is 0.259 e. The van der Waals surface area contributed by atoms with E-state index in [-0.39, 0.29) is 5.91 Å². The number of benzene rings is 1. The van der Waals surface area contributed by atoms with Gasteiger partial charge in [-0.3, -0.25) is 14.5 Å². The molecule has 0 saturated carbocycles. The fourth-order valence-electron chi connectivity index (χ4n) is 1.90. The molecule has 2 heterocycles. The molecule has 3 aromatic rings. The highest BCUT2D eigenvalue weighted by molar-refractivity contribution is 6.34. The second-order valence-electron chi connectivity index (χ2n) is 4.39. The lowest BCUT2D eigenvalue weighted by molar-refractivity contribution is 0.102. The van der Waals surface area contributed by atoms with Crippen molar-refractivity contribution < 1.29 is 4.79 Å². The summed E-state index contributed by atoms with van der Waals surface area (Å²) in [6.45, 7) is 1.92. The number of fused-ring (bicyclic) bond motifs is 1. The van der Waals surface area contributed by atoms with E-state index in [1.54, 1.807) is 22.7 Å². The minimum absolute atomic E-state index is 0.312. The molecule has 0 saturated heterocycles. The van der Waals surface area contributed by atoms with Gasteiger partial charge in [0.2, 0.25) is 5.95 Å². The zero-order chi connectivity index (χ0) is 14.1. The zero-order valence-electron chi connectivity index (χ0n) is 10.7. The van der Waals surface area contributed by atoms with Gasteiger partial charge < -0.3 is 0 Å². The molecule has 1 amide bonds. The minimum atomic E-state index is -0.312. The third kappa shape index (κ3) is 2.23. The maximum Gasteiger partial charge on any atom is 0.259 e. The van der Waals surface area contributed by atoms with Crippen LogP contribution in [0.2, 0.25) is 5.02 Å². The van der Waals surface area contributed by atoms with Crippen LogP contribution in [-0.4, -0.2) is 20.5 Å². The summed E-state index contributed by atoms with van der Waals surface area (Å²) in [6, 6.07) is 10.8. The Hall–Kier alpha value is -2.40. The number of pyridine rings is 1. The second kappa shape index (κ2) is 4.94. The minimum Gasteiger partial charge on any atom is -0.290 e. The van der Waals surface area contributed by atoms with Crippen molar-refractivity contribution in [3.8, 4) is 0 Å². The highest BCUT2D eigenvalue weighted by Gasteiger charge is 2.13. The third-order valence-electron chi connectivity index (χ3n) is 2.91. The Bertz CT molecular complexity index is 797. The number of nitrogens with zero attached hydrogens (tertiary/aromatic N) is 3. The normalized spacial score (nSPS) is 10.7. The third-order valence-corrected chi connectivity index (χ3v) is 3.22. The predicted octanol–water partition coefficient (Wildman–Crippen LogP) is 2.94. The molecule has 0 radical (unpaired) electrons. The molecule has 1 aromatic carbocycles. The molecule has 0 bridgehead atoms. The van der Waals surface area contributed by atoms with Crippen LogP contribution in [0.1, 0.15) is 15.9 Å². The van der Waals surface area contributed by atoms with E-state index in [9.17, 15) is 4.79 Å². The van der Waals surface area contributed by atoms with E-state index < -0.39 is 0 Å². The van der Waals surface area contributed by atoms with Gasteiger partial charge in [-0.2, -0.15) is 0 Å². The van der Waals surface area contributed by atoms with Crippen LogP contribution in [-0.2, 0) is 0 Å². The number of halogens is 1. The highest BCUT2D eigenvalue weighted by atomic mass is 35.5. The van der Waals surface area contributed by atoms with Gasteiger partial charge in [0.1, 0.15) is 0 Å². The lowest BCUT2D eigenvalue weighted by atomic mass is 10.1. The number of carbonyl (C=O) groups is 1. The average Bonchev–Trinajstić information content (AvgIpc) is 2.82. The van der Waals surface area contributed by atoms with E-state index in [0.717, 1.165) is 5.56 Å². The summed E-state index contributed by atoms with van der Waals surface area (Å²) in [5.74, 6) is 0.0513. The summed E-state index contributed by atoms with van der Waals surface area (Å²) in [5, 5.41) is 11.0. The summed E-state index contributed by atoms with van der Waals surface area (Å²) in [4.78, 5) is 12.2. The summed E-state index contributed by atoms with van der Waals surface area (Å²) >= 11 is 6.08. The van der Waals surface area contributed by atoms with Crippen molar-refractivity contribution in [2.45, 2.75) is 6.92 Å². The fraction of sp³-hybridized carbons (Fsp3) is 0.0714. The molecule has 5 nitrogen and oxygen atoms in total. The van der Waals surface area contributed by atoms with Crippen molar-refractivity contribution in [3.63, 3.8) is 0 Å². The molecule has 20 heavy (non-hydrogen) atoms. The van der Waals surface area contributed by atoms with Crippen molar-refractivity contribution in [2.75, 3.05) is 5.32 Å². The van der Waals surface area contributed by atoms with Gasteiger partial charge in [0.15, 0.2) is 5.65 Å². The maximum atomic E-state index is 12.2. The first-order chi connectivity index (χ1) is 9.65. The van der Waals surface area contributed by atoms with Crippen LogP contribution in [0.5, 0.6) is 0 Å². The number of rotatable bonds is 2. The number of amides is 1. The number of anilines is 1. The molecule has 0 aliphatic heterocycles. The summed E-state index contributed by atoms with van der Waals surface area (Å²) in [6.07, 6.45) is 1.78. The molecule has 0 atom stereocenters. The van der Waals surface area contributed by atoms with Crippen LogP contribution in [0.4, 0.5) is 5.95 Å². The first-order valence-corrected chi connectivity index (χ1v) is 6.40. The van der Waals surface area contributed by atoms with E-state index in [0.29, 0.717) is 22.2 Å². The van der Waals surface area contributed by atoms with Crippen LogP contribution in [0, 0.1) is 6.92 Å². The molecule has 3 rings (SSSR count). The Morgan fingerprint density at radius 1 is 1.25 bits per heavy atom. The number of nitrogens with one attached hydrogen (secondary N) is 1. The Morgan fingerprint density at radius 2 is 2.10 bits per heavy atom. The molecule has 2 aromatic heterocycles. The first-order valence-electron chi connectivity index (χ1n) is 6.02. The summed E-state index contributed by atoms with van der Waals surface area (Å²) in [7, 11) is 0. The largest absolute Gasteiger partial charge is 0.290 e. The Balaban J connectivity index is 1.92. The average molecular weight is 287 g/mol. The van der Waals surface area contributed by atoms with Crippen molar-refractivity contribution in [1.29, 1.82) is 0 Å². The van der Waals surface area contributed by atoms with E-state index in [1.165, 1.54) is 0 Å². The first kappa shape index (κ1) is 12.6. The molecule has 0 unspecified atom stereocenters. The molecule has 0 spiro atoms. The number of aromatic nitrogens is 3. The molecule has 0 fully saturated rings. The van der Waals surface area contributed by atoms with Gasteiger partial charge in [-0.05, 0) is 36.8 Å². The van der Waals surface area contributed by atoms with Crippen LogP contribution >= 0.6 is 11.6 Å². The van der Waals surface area contributed by atoms with Crippen molar-refractivity contribution in [2.24, 2.45) is 0 Å². The summed E-state index contributed by atoms with van der Waals surface area (Å²) in [5.41, 5.74) is 2.07. The topological polar surface area (TPSA) is 59.3 Å². The Kier molecular flexibility index (Phi) is 3.12. The van der Waals surface area contributed by atoms with Gasteiger partial charge >= 0.3 is 0 Å². The molecule has 100 valence electrons. The summed E-state index contributed by atoms with van der Waals surface area (Å²) < 4.78 is 1.69. The SMILES string of the molecule is Cc1ccc(C(=O)Nc2nnc3ccccn23)c(Cl)c1. The van der Waals surface area contributed by atoms with E-state index in [2.05, 4.69) is 15.5 Å². The van der Waals surface area contributed by atoms with Crippen LogP contribution in [0.3, 0.4) is 0 Å². The molecular weight excluding hydrogens is 276 g/mol. The van der Waals surface area contributed by atoms with Crippen LogP contribution in [0.15, 0.2) is 42.6 Å². The maximum absolute atomic E-state index is 12.2. The number of hydrogen-bond donors (Lipinski definition) is 1. The number of aryl methyl sites for hydroxylation is 1. The zero-order valence-corrected chi connectivity index (χ0v) is 11.4. The molecule has 6 heteroatoms. The van der Waals surface area contributed by atoms with E-state index >= 15 is 0 Å². The van der Waals surface area contributed by atoms with Gasteiger partial charge in [0.05, 0.1) is 10.6 Å². The van der Waals surface area contributed by atoms with Gasteiger partial charge in [-0.25, -0.2) is 0 Å². The Labute approximate surface area is 120 Å². The van der Waals surface area contributed by atoms with E-state index in [4.69, 9.17) is 11.6 Å². The highest BCUT2D eigenvalue weighted by Crippen LogP contribution is 2.19. The van der Waals surface area contributed by atoms with Crippen molar-refractivity contribution >= 4 is 29.1 Å². The van der Waals surface area contributed by atoms with Crippen molar-refractivity contribution in [1.82, 2.24) is 14.6 Å². The van der Waals surface area contributed by atoms with Gasteiger partial charge in [-0.1, -0.05) is 23.7 Å². The fourth-order valence-corrected chi connectivity index (χ4v) is 2.22. The van der Waals surface area contributed by atoms with Crippen molar-refractivity contribution in [3.05, 3.63) is 58.7 Å².